The Labute approximate surface area is 161 Å². The summed E-state index contributed by atoms with van der Waals surface area (Å²) in [7, 11) is 0. The summed E-state index contributed by atoms with van der Waals surface area (Å²) in [5, 5.41) is 12.4. The minimum Gasteiger partial charge on any atom is -0.481 e. The van der Waals surface area contributed by atoms with Crippen LogP contribution in [0.4, 0.5) is 0 Å². The first-order chi connectivity index (χ1) is 13.4. The quantitative estimate of drug-likeness (QED) is 0.667. The molecule has 1 aromatic heterocycles. The molecule has 1 amide bonds. The van der Waals surface area contributed by atoms with Gasteiger partial charge in [-0.2, -0.15) is 0 Å². The Morgan fingerprint density at radius 3 is 2.57 bits per heavy atom. The van der Waals surface area contributed by atoms with Crippen LogP contribution in [-0.4, -0.2) is 33.1 Å². The summed E-state index contributed by atoms with van der Waals surface area (Å²) in [6.07, 6.45) is 4.59. The van der Waals surface area contributed by atoms with E-state index in [0.717, 1.165) is 36.7 Å². The van der Waals surface area contributed by atoms with Crippen LogP contribution < -0.4 is 16.6 Å². The van der Waals surface area contributed by atoms with E-state index < -0.39 is 22.6 Å². The normalized spacial score (nSPS) is 16.0. The number of aliphatic carboxylic acids is 1. The maximum atomic E-state index is 12.5. The number of H-pyrrole nitrogens is 1. The van der Waals surface area contributed by atoms with Gasteiger partial charge in [-0.1, -0.05) is 31.4 Å². The number of hydrogen-bond acceptors (Lipinski definition) is 4. The van der Waals surface area contributed by atoms with Gasteiger partial charge in [0.1, 0.15) is 0 Å². The summed E-state index contributed by atoms with van der Waals surface area (Å²) >= 11 is 0. The van der Waals surface area contributed by atoms with Crippen LogP contribution in [0.2, 0.25) is 0 Å². The van der Waals surface area contributed by atoms with E-state index in [1.807, 2.05) is 0 Å². The van der Waals surface area contributed by atoms with E-state index in [1.54, 1.807) is 24.3 Å². The lowest BCUT2D eigenvalue weighted by molar-refractivity contribution is -0.140. The third-order valence-corrected chi connectivity index (χ3v) is 5.55. The molecule has 0 bridgehead atoms. The number of carbonyl (C=O) groups excluding carboxylic acids is 1. The molecule has 0 spiro atoms. The van der Waals surface area contributed by atoms with Crippen molar-refractivity contribution in [1.29, 1.82) is 0 Å². The summed E-state index contributed by atoms with van der Waals surface area (Å²) in [6.45, 7) is 0.276. The Morgan fingerprint density at radius 2 is 1.86 bits per heavy atom. The molecule has 0 aliphatic heterocycles. The van der Waals surface area contributed by atoms with Crippen molar-refractivity contribution in [3.8, 4) is 0 Å². The summed E-state index contributed by atoms with van der Waals surface area (Å²) < 4.78 is 1.02. The summed E-state index contributed by atoms with van der Waals surface area (Å²) in [5.41, 5.74) is -0.921. The molecule has 1 heterocycles. The fourth-order valence-corrected chi connectivity index (χ4v) is 4.03. The molecule has 28 heavy (non-hydrogen) atoms. The van der Waals surface area contributed by atoms with Gasteiger partial charge in [0, 0.05) is 19.5 Å². The highest BCUT2D eigenvalue weighted by molar-refractivity contribution is 5.77. The fourth-order valence-electron chi connectivity index (χ4n) is 4.03. The van der Waals surface area contributed by atoms with E-state index in [2.05, 4.69) is 10.3 Å². The second kappa shape index (κ2) is 8.41. The van der Waals surface area contributed by atoms with Crippen LogP contribution >= 0.6 is 0 Å². The first-order valence-electron chi connectivity index (χ1n) is 9.61. The van der Waals surface area contributed by atoms with E-state index in [-0.39, 0.29) is 25.3 Å². The van der Waals surface area contributed by atoms with E-state index in [9.17, 15) is 24.3 Å². The number of amides is 1. The molecule has 0 saturated heterocycles. The monoisotopic (exact) mass is 387 g/mol. The number of carboxylic acids is 1. The van der Waals surface area contributed by atoms with Crippen molar-refractivity contribution in [1.82, 2.24) is 14.9 Å². The Morgan fingerprint density at radius 1 is 1.14 bits per heavy atom. The van der Waals surface area contributed by atoms with Gasteiger partial charge in [0.05, 0.1) is 17.3 Å². The number of carboxylic acid groups (broad SMARTS) is 1. The first-order valence-corrected chi connectivity index (χ1v) is 9.61. The average Bonchev–Trinajstić information content (AvgIpc) is 2.66. The molecular formula is C20H25N3O5. The van der Waals surface area contributed by atoms with Crippen molar-refractivity contribution < 1.29 is 14.7 Å². The number of hydrogen-bond donors (Lipinski definition) is 3. The van der Waals surface area contributed by atoms with Gasteiger partial charge in [-0.05, 0) is 30.4 Å². The van der Waals surface area contributed by atoms with E-state index in [0.29, 0.717) is 17.4 Å². The zero-order chi connectivity index (χ0) is 20.1. The van der Waals surface area contributed by atoms with Gasteiger partial charge in [-0.3, -0.25) is 19.0 Å². The Kier molecular flexibility index (Phi) is 5.96. The van der Waals surface area contributed by atoms with Crippen LogP contribution in [0, 0.1) is 5.41 Å². The van der Waals surface area contributed by atoms with Gasteiger partial charge in [0.2, 0.25) is 5.91 Å². The molecule has 2 aromatic rings. The van der Waals surface area contributed by atoms with Gasteiger partial charge in [-0.15, -0.1) is 0 Å². The van der Waals surface area contributed by atoms with Gasteiger partial charge >= 0.3 is 11.7 Å². The van der Waals surface area contributed by atoms with Crippen molar-refractivity contribution >= 4 is 22.8 Å². The molecule has 3 rings (SSSR count). The van der Waals surface area contributed by atoms with Crippen LogP contribution in [0.3, 0.4) is 0 Å². The fraction of sp³-hybridized carbons (Fsp3) is 0.500. The number of aromatic nitrogens is 2. The predicted molar refractivity (Wildman–Crippen MR) is 104 cm³/mol. The Bertz CT molecular complexity index is 985. The van der Waals surface area contributed by atoms with Crippen molar-refractivity contribution in [2.45, 2.75) is 51.5 Å². The number of para-hydroxylation sites is 1. The van der Waals surface area contributed by atoms with Gasteiger partial charge < -0.3 is 15.4 Å². The molecule has 3 N–H and O–H groups in total. The SMILES string of the molecule is O=C(O)CC1(CNC(=O)CCn2c(=O)[nH]c3ccccc3c2=O)CCCCC1. The van der Waals surface area contributed by atoms with Gasteiger partial charge in [-0.25, -0.2) is 4.79 Å². The van der Waals surface area contributed by atoms with Crippen molar-refractivity contribution in [3.63, 3.8) is 0 Å². The lowest BCUT2D eigenvalue weighted by Crippen LogP contribution is -2.41. The first kappa shape index (κ1) is 19.9. The Balaban J connectivity index is 1.64. The number of carbonyl (C=O) groups is 2. The highest BCUT2D eigenvalue weighted by atomic mass is 16.4. The van der Waals surface area contributed by atoms with E-state index >= 15 is 0 Å². The molecule has 8 heteroatoms. The van der Waals surface area contributed by atoms with Crippen molar-refractivity contribution in [2.24, 2.45) is 5.41 Å². The molecule has 0 radical (unpaired) electrons. The molecule has 0 atom stereocenters. The molecule has 1 saturated carbocycles. The largest absolute Gasteiger partial charge is 0.481 e. The summed E-state index contributed by atoms with van der Waals surface area (Å²) in [4.78, 5) is 50.8. The van der Waals surface area contributed by atoms with Crippen LogP contribution in [0.1, 0.15) is 44.9 Å². The standard InChI is InChI=1S/C20H25N3O5/c24-16(21-13-20(12-17(25)26)9-4-1-5-10-20)8-11-23-18(27)14-6-2-3-7-15(14)22-19(23)28/h2-3,6-7H,1,4-5,8-13H2,(H,21,24)(H,22,28)(H,25,26). The number of nitrogens with one attached hydrogen (secondary N) is 2. The predicted octanol–water partition coefficient (Wildman–Crippen LogP) is 1.62. The minimum atomic E-state index is -0.856. The van der Waals surface area contributed by atoms with Crippen LogP contribution in [0.15, 0.2) is 33.9 Å². The zero-order valence-corrected chi connectivity index (χ0v) is 15.7. The topological polar surface area (TPSA) is 121 Å². The molecule has 1 aliphatic carbocycles. The highest BCUT2D eigenvalue weighted by Crippen LogP contribution is 2.38. The van der Waals surface area contributed by atoms with Gasteiger partial charge in [0.25, 0.3) is 5.56 Å². The van der Waals surface area contributed by atoms with Crippen molar-refractivity contribution in [2.75, 3.05) is 6.54 Å². The highest BCUT2D eigenvalue weighted by Gasteiger charge is 2.34. The number of aromatic amines is 1. The number of nitrogens with zero attached hydrogens (tertiary/aromatic N) is 1. The molecule has 0 unspecified atom stereocenters. The Hall–Kier alpha value is -2.90. The zero-order valence-electron chi connectivity index (χ0n) is 15.7. The molecule has 8 nitrogen and oxygen atoms in total. The van der Waals surface area contributed by atoms with Gasteiger partial charge in [0.15, 0.2) is 0 Å². The second-order valence-corrected chi connectivity index (χ2v) is 7.59. The molecule has 1 aromatic carbocycles. The van der Waals surface area contributed by atoms with Crippen LogP contribution in [0.5, 0.6) is 0 Å². The summed E-state index contributed by atoms with van der Waals surface area (Å²) in [6, 6.07) is 6.73. The number of fused-ring (bicyclic) bond motifs is 1. The average molecular weight is 387 g/mol. The van der Waals surface area contributed by atoms with Crippen LogP contribution in [-0.2, 0) is 16.1 Å². The lowest BCUT2D eigenvalue weighted by Gasteiger charge is -2.36. The van der Waals surface area contributed by atoms with Crippen LogP contribution in [0.25, 0.3) is 10.9 Å². The molecular weight excluding hydrogens is 362 g/mol. The lowest BCUT2D eigenvalue weighted by atomic mass is 9.71. The third-order valence-electron chi connectivity index (χ3n) is 5.55. The number of benzene rings is 1. The van der Waals surface area contributed by atoms with E-state index in [4.69, 9.17) is 0 Å². The number of rotatable bonds is 7. The molecule has 150 valence electrons. The smallest absolute Gasteiger partial charge is 0.328 e. The minimum absolute atomic E-state index is 0.0233. The maximum Gasteiger partial charge on any atom is 0.328 e. The molecule has 1 fully saturated rings. The van der Waals surface area contributed by atoms with E-state index in [1.165, 1.54) is 0 Å². The second-order valence-electron chi connectivity index (χ2n) is 7.59. The molecule has 1 aliphatic rings. The third kappa shape index (κ3) is 4.49. The maximum absolute atomic E-state index is 12.5. The van der Waals surface area contributed by atoms with Crippen molar-refractivity contribution in [3.05, 3.63) is 45.1 Å². The summed E-state index contributed by atoms with van der Waals surface area (Å²) in [5.74, 6) is -1.15.